The number of pyridine rings is 1. The number of nitrogens with zero attached hydrogens (tertiary/aromatic N) is 3. The first kappa shape index (κ1) is 20.3. The van der Waals surface area contributed by atoms with Gasteiger partial charge in [-0.1, -0.05) is 30.3 Å². The highest BCUT2D eigenvalue weighted by atomic mass is 16.5. The quantitative estimate of drug-likeness (QED) is 0.686. The number of carbonyl (C=O) groups is 2. The van der Waals surface area contributed by atoms with Crippen molar-refractivity contribution in [2.24, 2.45) is 4.99 Å². The number of methoxy groups -OCH3 is 1. The van der Waals surface area contributed by atoms with E-state index in [-0.39, 0.29) is 24.8 Å². The molecule has 2 amide bonds. The van der Waals surface area contributed by atoms with Crippen LogP contribution in [0.3, 0.4) is 0 Å². The lowest BCUT2D eigenvalue weighted by Crippen LogP contribution is -2.39. The highest BCUT2D eigenvalue weighted by Crippen LogP contribution is 2.31. The van der Waals surface area contributed by atoms with Crippen LogP contribution < -0.4 is 15.0 Å². The van der Waals surface area contributed by atoms with Crippen molar-refractivity contribution in [1.82, 2.24) is 4.98 Å². The van der Waals surface area contributed by atoms with Gasteiger partial charge in [-0.2, -0.15) is 0 Å². The molecule has 0 unspecified atom stereocenters. The Kier molecular flexibility index (Phi) is 5.75. The second-order valence-electron chi connectivity index (χ2n) is 7.16. The first-order valence-electron chi connectivity index (χ1n) is 9.88. The number of carbonyl (C=O) groups excluding carboxylic acids is 2. The van der Waals surface area contributed by atoms with Crippen LogP contribution in [0.2, 0.25) is 0 Å². The number of ether oxygens (including phenoxy) is 1. The molecule has 2 aromatic carbocycles. The lowest BCUT2D eigenvalue weighted by molar-refractivity contribution is -0.120. The largest absolute Gasteiger partial charge is 0.497 e. The molecule has 1 aromatic heterocycles. The second-order valence-corrected chi connectivity index (χ2v) is 7.16. The molecule has 0 saturated heterocycles. The summed E-state index contributed by atoms with van der Waals surface area (Å²) in [6, 6.07) is 18.4. The van der Waals surface area contributed by atoms with Gasteiger partial charge in [0.1, 0.15) is 18.0 Å². The Morgan fingerprint density at radius 3 is 2.77 bits per heavy atom. The van der Waals surface area contributed by atoms with Crippen molar-refractivity contribution >= 4 is 34.7 Å². The van der Waals surface area contributed by atoms with Crippen molar-refractivity contribution in [2.45, 2.75) is 13.3 Å². The monoisotopic (exact) mass is 414 g/mol. The highest BCUT2D eigenvalue weighted by Gasteiger charge is 2.28. The van der Waals surface area contributed by atoms with Crippen LogP contribution in [0.15, 0.2) is 71.9 Å². The van der Waals surface area contributed by atoms with Crippen LogP contribution >= 0.6 is 0 Å². The Labute approximate surface area is 180 Å². The van der Waals surface area contributed by atoms with Crippen molar-refractivity contribution in [1.29, 1.82) is 0 Å². The van der Waals surface area contributed by atoms with E-state index in [1.165, 1.54) is 4.90 Å². The Bertz CT molecular complexity index is 1170. The fraction of sp³-hybridized carbons (Fsp3) is 0.167. The minimum atomic E-state index is -0.302. The van der Waals surface area contributed by atoms with Crippen LogP contribution in [0.4, 0.5) is 17.2 Å². The average Bonchev–Trinajstić information content (AvgIpc) is 2.92. The molecule has 7 nitrogen and oxygen atoms in total. The van der Waals surface area contributed by atoms with E-state index in [9.17, 15) is 9.59 Å². The number of rotatable bonds is 5. The number of hydrogen-bond acceptors (Lipinski definition) is 5. The number of aromatic nitrogens is 1. The Morgan fingerprint density at radius 1 is 1.13 bits per heavy atom. The average molecular weight is 414 g/mol. The number of nitrogens with one attached hydrogen (secondary N) is 1. The lowest BCUT2D eigenvalue weighted by atomic mass is 10.1. The third-order valence-electron chi connectivity index (χ3n) is 5.02. The highest BCUT2D eigenvalue weighted by molar-refractivity contribution is 6.18. The summed E-state index contributed by atoms with van der Waals surface area (Å²) in [4.78, 5) is 36.3. The zero-order valence-electron chi connectivity index (χ0n) is 17.3. The van der Waals surface area contributed by atoms with Crippen LogP contribution in [-0.4, -0.2) is 36.2 Å². The maximum Gasteiger partial charge on any atom is 0.244 e. The lowest BCUT2D eigenvalue weighted by Gasteiger charge is -2.21. The number of aryl methyl sites for hydroxylation is 1. The van der Waals surface area contributed by atoms with Crippen molar-refractivity contribution < 1.29 is 14.3 Å². The maximum absolute atomic E-state index is 13.2. The normalized spacial score (nSPS) is 13.2. The first-order chi connectivity index (χ1) is 15.0. The van der Waals surface area contributed by atoms with Crippen LogP contribution in [0.1, 0.15) is 17.5 Å². The van der Waals surface area contributed by atoms with Gasteiger partial charge in [0.15, 0.2) is 5.82 Å². The van der Waals surface area contributed by atoms with E-state index < -0.39 is 0 Å². The molecule has 0 bridgehead atoms. The van der Waals surface area contributed by atoms with Gasteiger partial charge in [0.2, 0.25) is 11.8 Å². The molecule has 1 aliphatic heterocycles. The Balaban J connectivity index is 1.63. The van der Waals surface area contributed by atoms with Gasteiger partial charge in [-0.25, -0.2) is 9.98 Å². The van der Waals surface area contributed by atoms with E-state index in [0.717, 1.165) is 11.1 Å². The number of anilines is 2. The summed E-state index contributed by atoms with van der Waals surface area (Å²) in [6.07, 6.45) is 1.63. The van der Waals surface area contributed by atoms with Crippen molar-refractivity contribution in [3.63, 3.8) is 0 Å². The van der Waals surface area contributed by atoms with E-state index >= 15 is 0 Å². The Morgan fingerprint density at radius 2 is 1.97 bits per heavy atom. The van der Waals surface area contributed by atoms with E-state index in [1.807, 2.05) is 55.5 Å². The van der Waals surface area contributed by atoms with Crippen molar-refractivity contribution in [2.75, 3.05) is 23.9 Å². The van der Waals surface area contributed by atoms with Crippen LogP contribution in [0, 0.1) is 6.92 Å². The van der Waals surface area contributed by atoms with E-state index in [1.54, 1.807) is 25.4 Å². The van der Waals surface area contributed by atoms with Gasteiger partial charge in [0.25, 0.3) is 0 Å². The predicted octanol–water partition coefficient (Wildman–Crippen LogP) is 3.89. The maximum atomic E-state index is 13.2. The molecule has 31 heavy (non-hydrogen) atoms. The molecule has 1 aliphatic rings. The van der Waals surface area contributed by atoms with Gasteiger partial charge in [-0.3, -0.25) is 14.5 Å². The SMILES string of the molecule is COc1cccc(C2=Nc3cccnc3N(CC(=O)Nc3ccccc3C)C(=O)C2)c1. The van der Waals surface area contributed by atoms with Crippen molar-refractivity contribution in [3.05, 3.63) is 78.0 Å². The number of aliphatic imine (C=N–C) groups is 1. The zero-order chi connectivity index (χ0) is 21.8. The van der Waals surface area contributed by atoms with E-state index in [0.29, 0.717) is 28.7 Å². The molecular formula is C24H22N4O3. The van der Waals surface area contributed by atoms with Gasteiger partial charge >= 0.3 is 0 Å². The topological polar surface area (TPSA) is 83.9 Å². The minimum absolute atomic E-state index is 0.0428. The molecular weight excluding hydrogens is 392 g/mol. The second kappa shape index (κ2) is 8.79. The predicted molar refractivity (Wildman–Crippen MR) is 120 cm³/mol. The van der Waals surface area contributed by atoms with E-state index in [4.69, 9.17) is 9.73 Å². The van der Waals surface area contributed by atoms with E-state index in [2.05, 4.69) is 10.3 Å². The molecule has 2 heterocycles. The molecule has 0 radical (unpaired) electrons. The summed E-state index contributed by atoms with van der Waals surface area (Å²) in [5, 5.41) is 2.87. The summed E-state index contributed by atoms with van der Waals surface area (Å²) in [6.45, 7) is 1.76. The summed E-state index contributed by atoms with van der Waals surface area (Å²) >= 11 is 0. The van der Waals surface area contributed by atoms with Gasteiger partial charge < -0.3 is 10.1 Å². The van der Waals surface area contributed by atoms with Crippen LogP contribution in [0.5, 0.6) is 5.75 Å². The molecule has 0 saturated carbocycles. The fourth-order valence-corrected chi connectivity index (χ4v) is 3.40. The number of amides is 2. The Hall–Kier alpha value is -4.00. The molecule has 0 fully saturated rings. The fourth-order valence-electron chi connectivity index (χ4n) is 3.40. The third-order valence-corrected chi connectivity index (χ3v) is 5.02. The number of fused-ring (bicyclic) bond motifs is 1. The van der Waals surface area contributed by atoms with Gasteiger partial charge in [0, 0.05) is 17.4 Å². The third kappa shape index (κ3) is 4.45. The summed E-state index contributed by atoms with van der Waals surface area (Å²) in [5.74, 6) is 0.492. The zero-order valence-corrected chi connectivity index (χ0v) is 17.3. The molecule has 156 valence electrons. The molecule has 0 spiro atoms. The van der Waals surface area contributed by atoms with Crippen LogP contribution in [0.25, 0.3) is 0 Å². The smallest absolute Gasteiger partial charge is 0.244 e. The molecule has 4 rings (SSSR count). The first-order valence-corrected chi connectivity index (χ1v) is 9.88. The number of hydrogen-bond donors (Lipinski definition) is 1. The summed E-state index contributed by atoms with van der Waals surface area (Å²) < 4.78 is 5.30. The molecule has 3 aromatic rings. The standard InChI is InChI=1S/C24H22N4O3/c1-16-7-3-4-10-19(16)27-22(29)15-28-23(30)14-21(17-8-5-9-18(13-17)31-2)26-20-11-6-12-25-24(20)28/h3-13H,14-15H2,1-2H3,(H,27,29). The van der Waals surface area contributed by atoms with Gasteiger partial charge in [-0.15, -0.1) is 0 Å². The van der Waals surface area contributed by atoms with Crippen molar-refractivity contribution in [3.8, 4) is 5.75 Å². The van der Waals surface area contributed by atoms with Gasteiger partial charge in [0.05, 0.1) is 19.2 Å². The molecule has 7 heteroatoms. The summed E-state index contributed by atoms with van der Waals surface area (Å²) in [7, 11) is 1.59. The van der Waals surface area contributed by atoms with Crippen LogP contribution in [-0.2, 0) is 9.59 Å². The summed E-state index contributed by atoms with van der Waals surface area (Å²) in [5.41, 5.74) is 3.58. The molecule has 1 N–H and O–H groups in total. The minimum Gasteiger partial charge on any atom is -0.497 e. The molecule has 0 atom stereocenters. The molecule has 0 aliphatic carbocycles. The number of benzene rings is 2. The number of para-hydroxylation sites is 1. The van der Waals surface area contributed by atoms with Gasteiger partial charge in [-0.05, 0) is 42.8 Å².